The molecule has 0 aromatic rings. The summed E-state index contributed by atoms with van der Waals surface area (Å²) in [6, 6.07) is 0. The third-order valence-electron chi connectivity index (χ3n) is 2.48. The van der Waals surface area contributed by atoms with E-state index in [1.165, 1.54) is 14.0 Å². The van der Waals surface area contributed by atoms with E-state index in [1.54, 1.807) is 0 Å². The summed E-state index contributed by atoms with van der Waals surface area (Å²) < 4.78 is 18.1. The van der Waals surface area contributed by atoms with Gasteiger partial charge in [0.15, 0.2) is 0 Å². The standard InChI is InChI=1S/C8H15FO.CH4/c1-8(9,10-2)7-5-3-4-6-7;/h7H,3-6H2,1-2H3;1H4. The number of methoxy groups -OCH3 is 1. The fourth-order valence-corrected chi connectivity index (χ4v) is 1.61. The highest BCUT2D eigenvalue weighted by molar-refractivity contribution is 4.78. The van der Waals surface area contributed by atoms with Gasteiger partial charge in [0.05, 0.1) is 0 Å². The molecule has 0 saturated heterocycles. The number of rotatable bonds is 2. The maximum atomic E-state index is 13.3. The van der Waals surface area contributed by atoms with Gasteiger partial charge in [-0.15, -0.1) is 0 Å². The molecule has 1 nitrogen and oxygen atoms in total. The van der Waals surface area contributed by atoms with Gasteiger partial charge in [0.25, 0.3) is 0 Å². The Morgan fingerprint density at radius 1 is 1.36 bits per heavy atom. The Labute approximate surface area is 68.9 Å². The summed E-state index contributed by atoms with van der Waals surface area (Å²) in [6.07, 6.45) is 4.29. The highest BCUT2D eigenvalue weighted by Crippen LogP contribution is 2.36. The van der Waals surface area contributed by atoms with Crippen LogP contribution < -0.4 is 0 Å². The summed E-state index contributed by atoms with van der Waals surface area (Å²) in [6.45, 7) is 1.53. The van der Waals surface area contributed by atoms with E-state index in [1.807, 2.05) is 0 Å². The minimum Gasteiger partial charge on any atom is -0.349 e. The Hall–Kier alpha value is -0.110. The Bertz CT molecular complexity index is 106. The molecule has 0 radical (unpaired) electrons. The number of ether oxygens (including phenoxy) is 1. The van der Waals surface area contributed by atoms with Gasteiger partial charge in [0, 0.05) is 13.0 Å². The lowest BCUT2D eigenvalue weighted by atomic mass is 10.0. The van der Waals surface area contributed by atoms with Crippen molar-refractivity contribution < 1.29 is 9.13 Å². The summed E-state index contributed by atoms with van der Waals surface area (Å²) in [5.41, 5.74) is 0. The van der Waals surface area contributed by atoms with E-state index in [4.69, 9.17) is 4.74 Å². The Morgan fingerprint density at radius 2 is 1.82 bits per heavy atom. The number of hydrogen-bond donors (Lipinski definition) is 0. The summed E-state index contributed by atoms with van der Waals surface area (Å²) >= 11 is 0. The highest BCUT2D eigenvalue weighted by Gasteiger charge is 2.35. The number of halogens is 1. The van der Waals surface area contributed by atoms with Crippen LogP contribution in [0.5, 0.6) is 0 Å². The van der Waals surface area contributed by atoms with Crippen LogP contribution in [0, 0.1) is 5.92 Å². The molecule has 1 aliphatic rings. The fourth-order valence-electron chi connectivity index (χ4n) is 1.61. The lowest BCUT2D eigenvalue weighted by molar-refractivity contribution is -0.145. The van der Waals surface area contributed by atoms with Gasteiger partial charge in [-0.05, 0) is 19.8 Å². The van der Waals surface area contributed by atoms with Gasteiger partial charge in [0.1, 0.15) is 0 Å². The van der Waals surface area contributed by atoms with Gasteiger partial charge >= 0.3 is 0 Å². The molecule has 68 valence electrons. The molecule has 1 fully saturated rings. The lowest BCUT2D eigenvalue weighted by Gasteiger charge is -2.24. The zero-order valence-electron chi connectivity index (χ0n) is 6.69. The molecule has 0 bridgehead atoms. The molecule has 1 unspecified atom stereocenters. The average molecular weight is 162 g/mol. The molecule has 2 heteroatoms. The molecule has 0 aromatic carbocycles. The van der Waals surface area contributed by atoms with Crippen LogP contribution in [-0.2, 0) is 4.74 Å². The average Bonchev–Trinajstić information content (AvgIpc) is 2.38. The predicted molar refractivity (Wildman–Crippen MR) is 45.2 cm³/mol. The van der Waals surface area contributed by atoms with E-state index < -0.39 is 5.85 Å². The largest absolute Gasteiger partial charge is 0.349 e. The van der Waals surface area contributed by atoms with Crippen LogP contribution in [0.15, 0.2) is 0 Å². The maximum Gasteiger partial charge on any atom is 0.208 e. The summed E-state index contributed by atoms with van der Waals surface area (Å²) in [5, 5.41) is 0. The van der Waals surface area contributed by atoms with E-state index >= 15 is 0 Å². The van der Waals surface area contributed by atoms with E-state index in [0.717, 1.165) is 25.7 Å². The van der Waals surface area contributed by atoms with Crippen molar-refractivity contribution in [2.45, 2.75) is 45.9 Å². The third kappa shape index (κ3) is 2.44. The molecule has 0 spiro atoms. The van der Waals surface area contributed by atoms with Crippen LogP contribution in [0.4, 0.5) is 4.39 Å². The third-order valence-corrected chi connectivity index (χ3v) is 2.48. The van der Waals surface area contributed by atoms with E-state index in [0.29, 0.717) is 0 Å². The van der Waals surface area contributed by atoms with Gasteiger partial charge in [-0.2, -0.15) is 0 Å². The molecule has 0 heterocycles. The quantitative estimate of drug-likeness (QED) is 0.606. The first-order chi connectivity index (χ1) is 4.67. The van der Waals surface area contributed by atoms with Gasteiger partial charge < -0.3 is 4.74 Å². The smallest absolute Gasteiger partial charge is 0.208 e. The van der Waals surface area contributed by atoms with E-state index in [2.05, 4.69) is 0 Å². The molecule has 0 aromatic heterocycles. The van der Waals surface area contributed by atoms with Crippen LogP contribution in [0.1, 0.15) is 40.0 Å². The van der Waals surface area contributed by atoms with Gasteiger partial charge in [-0.1, -0.05) is 20.3 Å². The molecule has 1 aliphatic carbocycles. The number of alkyl halides is 1. The van der Waals surface area contributed by atoms with Crippen molar-refractivity contribution in [2.24, 2.45) is 5.92 Å². The van der Waals surface area contributed by atoms with Crippen molar-refractivity contribution in [3.05, 3.63) is 0 Å². The van der Waals surface area contributed by atoms with Crippen LogP contribution in [-0.4, -0.2) is 13.0 Å². The molecular weight excluding hydrogens is 143 g/mol. The first-order valence-electron chi connectivity index (χ1n) is 3.91. The van der Waals surface area contributed by atoms with Crippen molar-refractivity contribution in [2.75, 3.05) is 7.11 Å². The topological polar surface area (TPSA) is 9.23 Å². The van der Waals surface area contributed by atoms with Crippen LogP contribution in [0.25, 0.3) is 0 Å². The van der Waals surface area contributed by atoms with E-state index in [-0.39, 0.29) is 13.3 Å². The summed E-state index contributed by atoms with van der Waals surface area (Å²) in [5.74, 6) is -1.24. The zero-order chi connectivity index (χ0) is 7.61. The monoisotopic (exact) mass is 162 g/mol. The second-order valence-electron chi connectivity index (χ2n) is 3.17. The first-order valence-corrected chi connectivity index (χ1v) is 3.91. The van der Waals surface area contributed by atoms with Crippen molar-refractivity contribution in [3.63, 3.8) is 0 Å². The predicted octanol–water partition coefficient (Wildman–Crippen LogP) is 3.14. The first kappa shape index (κ1) is 10.9. The molecule has 0 aliphatic heterocycles. The zero-order valence-corrected chi connectivity index (χ0v) is 6.69. The molecule has 11 heavy (non-hydrogen) atoms. The number of hydrogen-bond acceptors (Lipinski definition) is 1. The normalized spacial score (nSPS) is 24.3. The van der Waals surface area contributed by atoms with Crippen molar-refractivity contribution in [1.82, 2.24) is 0 Å². The second-order valence-corrected chi connectivity index (χ2v) is 3.17. The molecule has 0 N–H and O–H groups in total. The molecule has 0 amide bonds. The molecule has 1 atom stereocenters. The minimum absolute atomic E-state index is 0. The van der Waals surface area contributed by atoms with Crippen molar-refractivity contribution >= 4 is 0 Å². The second kappa shape index (κ2) is 4.05. The Balaban J connectivity index is 0.000001000. The minimum atomic E-state index is -1.38. The fraction of sp³-hybridized carbons (Fsp3) is 1.00. The highest BCUT2D eigenvalue weighted by atomic mass is 19.2. The molecule has 1 rings (SSSR count). The van der Waals surface area contributed by atoms with Crippen LogP contribution in [0.2, 0.25) is 0 Å². The summed E-state index contributed by atoms with van der Waals surface area (Å²) in [7, 11) is 1.44. The van der Waals surface area contributed by atoms with Crippen molar-refractivity contribution in [3.8, 4) is 0 Å². The van der Waals surface area contributed by atoms with Crippen molar-refractivity contribution in [1.29, 1.82) is 0 Å². The van der Waals surface area contributed by atoms with Gasteiger partial charge in [0.2, 0.25) is 5.85 Å². The van der Waals surface area contributed by atoms with Crippen LogP contribution in [0.3, 0.4) is 0 Å². The van der Waals surface area contributed by atoms with Gasteiger partial charge in [-0.3, -0.25) is 0 Å². The Kier molecular flexibility index (Phi) is 4.01. The van der Waals surface area contributed by atoms with Crippen LogP contribution >= 0.6 is 0 Å². The summed E-state index contributed by atoms with van der Waals surface area (Å²) in [4.78, 5) is 0. The lowest BCUT2D eigenvalue weighted by Crippen LogP contribution is -2.29. The van der Waals surface area contributed by atoms with E-state index in [9.17, 15) is 4.39 Å². The molecule has 1 saturated carbocycles. The van der Waals surface area contributed by atoms with Gasteiger partial charge in [-0.25, -0.2) is 4.39 Å². The SMILES string of the molecule is C.COC(C)(F)C1CCCC1. The Morgan fingerprint density at radius 3 is 2.18 bits per heavy atom. The maximum absolute atomic E-state index is 13.3. The molecular formula is C9H19FO.